The van der Waals surface area contributed by atoms with E-state index in [4.69, 9.17) is 4.74 Å². The summed E-state index contributed by atoms with van der Waals surface area (Å²) in [6.45, 7) is 2.29. The fraction of sp³-hybridized carbons (Fsp3) is 0.444. The molecule has 6 rings (SSSR count). The second-order valence-corrected chi connectivity index (χ2v) is 9.83. The first-order chi connectivity index (χ1) is 17.7. The first-order valence-electron chi connectivity index (χ1n) is 12.8. The zero-order chi connectivity index (χ0) is 24.6. The molecule has 1 amide bonds. The topological polar surface area (TPSA) is 105 Å². The molecule has 9 nitrogen and oxygen atoms in total. The lowest BCUT2D eigenvalue weighted by Crippen LogP contribution is -2.48. The largest absolute Gasteiger partial charge is 0.394 e. The summed E-state index contributed by atoms with van der Waals surface area (Å²) in [6, 6.07) is 8.04. The molecule has 0 spiro atoms. The number of aliphatic hydroxyl groups excluding tert-OH is 1. The van der Waals surface area contributed by atoms with Crippen molar-refractivity contribution in [3.63, 3.8) is 0 Å². The third-order valence-corrected chi connectivity index (χ3v) is 7.79. The Labute approximate surface area is 210 Å². The van der Waals surface area contributed by atoms with Crippen molar-refractivity contribution in [3.8, 4) is 11.1 Å². The van der Waals surface area contributed by atoms with Gasteiger partial charge in [0.25, 0.3) is 5.91 Å². The number of aryl methyl sites for hydroxylation is 1. The third kappa shape index (κ3) is 4.02. The van der Waals surface area contributed by atoms with E-state index < -0.39 is 0 Å². The van der Waals surface area contributed by atoms with Gasteiger partial charge in [-0.1, -0.05) is 6.07 Å². The van der Waals surface area contributed by atoms with E-state index in [-0.39, 0.29) is 24.7 Å². The Hall–Kier alpha value is -3.43. The van der Waals surface area contributed by atoms with Crippen LogP contribution in [0.4, 0.5) is 17.2 Å². The van der Waals surface area contributed by atoms with Gasteiger partial charge >= 0.3 is 0 Å². The molecule has 36 heavy (non-hydrogen) atoms. The number of hydrogen-bond donors (Lipinski definition) is 3. The number of aliphatic hydroxyl groups is 1. The Morgan fingerprint density at radius 3 is 2.89 bits per heavy atom. The molecule has 1 saturated heterocycles. The number of methoxy groups -OCH3 is 1. The number of rotatable bonds is 6. The molecule has 1 fully saturated rings. The van der Waals surface area contributed by atoms with Gasteiger partial charge in [-0.3, -0.25) is 9.48 Å². The van der Waals surface area contributed by atoms with E-state index in [1.54, 1.807) is 7.11 Å². The Balaban J connectivity index is 1.27. The monoisotopic (exact) mass is 488 g/mol. The molecule has 9 heteroatoms. The Morgan fingerprint density at radius 2 is 2.08 bits per heavy atom. The number of amides is 1. The first kappa shape index (κ1) is 23.0. The second-order valence-electron chi connectivity index (χ2n) is 9.83. The molecule has 0 aliphatic carbocycles. The molecule has 5 heterocycles. The molecule has 3 aromatic rings. The van der Waals surface area contributed by atoms with Gasteiger partial charge in [-0.25, -0.2) is 4.98 Å². The molecule has 2 aromatic heterocycles. The Bertz CT molecular complexity index is 1270. The van der Waals surface area contributed by atoms with Crippen LogP contribution in [0.3, 0.4) is 0 Å². The van der Waals surface area contributed by atoms with Crippen LogP contribution in [0.5, 0.6) is 0 Å². The molecule has 3 aliphatic rings. The number of fused-ring (bicyclic) bond motifs is 2. The maximum Gasteiger partial charge on any atom is 0.254 e. The van der Waals surface area contributed by atoms with Crippen LogP contribution >= 0.6 is 0 Å². The smallest absolute Gasteiger partial charge is 0.254 e. The van der Waals surface area contributed by atoms with Gasteiger partial charge in [-0.05, 0) is 61.4 Å². The van der Waals surface area contributed by atoms with Crippen molar-refractivity contribution in [2.45, 2.75) is 57.3 Å². The summed E-state index contributed by atoms with van der Waals surface area (Å²) in [4.78, 5) is 19.6. The summed E-state index contributed by atoms with van der Waals surface area (Å²) in [7, 11) is 1.73. The third-order valence-electron chi connectivity index (χ3n) is 7.79. The van der Waals surface area contributed by atoms with E-state index in [1.165, 1.54) is 12.1 Å². The second kappa shape index (κ2) is 9.55. The molecule has 2 atom stereocenters. The van der Waals surface area contributed by atoms with Gasteiger partial charge in [0.15, 0.2) is 0 Å². The number of ether oxygens (including phenoxy) is 1. The van der Waals surface area contributed by atoms with Crippen molar-refractivity contribution in [3.05, 3.63) is 53.5 Å². The fourth-order valence-electron chi connectivity index (χ4n) is 5.81. The molecule has 188 valence electrons. The van der Waals surface area contributed by atoms with Crippen molar-refractivity contribution in [2.75, 3.05) is 30.5 Å². The highest BCUT2D eigenvalue weighted by atomic mass is 16.5. The zero-order valence-electron chi connectivity index (χ0n) is 20.5. The standard InChI is InChI=1S/C27H32N6O3/c1-36-19-7-5-18(16-34)32(15-19)17-6-10-25(28-12-17)31-23-9-8-20(22-13-29-27(35)26(22)23)21-14-30-33-11-3-2-4-24(21)33/h6,8-10,12,14,18-19,34H,2-5,7,11,13,15-16H2,1H3,(H,28,31)(H,29,35)/t18-,19+/m1/s1. The lowest BCUT2D eigenvalue weighted by atomic mass is 9.94. The van der Waals surface area contributed by atoms with E-state index in [1.807, 2.05) is 30.6 Å². The van der Waals surface area contributed by atoms with Crippen molar-refractivity contribution < 1.29 is 14.6 Å². The highest BCUT2D eigenvalue weighted by Crippen LogP contribution is 2.37. The highest BCUT2D eigenvalue weighted by molar-refractivity contribution is 6.06. The minimum absolute atomic E-state index is 0.0612. The maximum absolute atomic E-state index is 12.8. The lowest BCUT2D eigenvalue weighted by molar-refractivity contribution is 0.0744. The number of benzene rings is 1. The van der Waals surface area contributed by atoms with E-state index in [0.717, 1.165) is 66.8 Å². The van der Waals surface area contributed by atoms with Crippen LogP contribution < -0.4 is 15.5 Å². The predicted octanol–water partition coefficient (Wildman–Crippen LogP) is 3.24. The van der Waals surface area contributed by atoms with Crippen LogP contribution in [-0.2, 0) is 24.2 Å². The number of piperidine rings is 1. The molecule has 1 aromatic carbocycles. The van der Waals surface area contributed by atoms with E-state index in [9.17, 15) is 9.90 Å². The summed E-state index contributed by atoms with van der Waals surface area (Å²) in [5, 5.41) is 20.8. The quantitative estimate of drug-likeness (QED) is 0.489. The van der Waals surface area contributed by atoms with Crippen LogP contribution in [0.2, 0.25) is 0 Å². The summed E-state index contributed by atoms with van der Waals surface area (Å²) in [5.41, 5.74) is 6.84. The average Bonchev–Trinajstić information content (AvgIpc) is 3.53. The van der Waals surface area contributed by atoms with Gasteiger partial charge < -0.3 is 25.4 Å². The molecule has 0 bridgehead atoms. The molecular formula is C27H32N6O3. The van der Waals surface area contributed by atoms with Crippen LogP contribution in [-0.4, -0.2) is 58.2 Å². The summed E-state index contributed by atoms with van der Waals surface area (Å²) in [5.74, 6) is 0.592. The predicted molar refractivity (Wildman–Crippen MR) is 138 cm³/mol. The number of carbonyl (C=O) groups excluding carboxylic acids is 1. The minimum atomic E-state index is -0.0725. The van der Waals surface area contributed by atoms with Crippen LogP contribution in [0.1, 0.15) is 47.3 Å². The van der Waals surface area contributed by atoms with Gasteiger partial charge in [-0.2, -0.15) is 5.10 Å². The van der Waals surface area contributed by atoms with Gasteiger partial charge in [0.1, 0.15) is 5.82 Å². The van der Waals surface area contributed by atoms with E-state index in [2.05, 4.69) is 36.4 Å². The van der Waals surface area contributed by atoms with Crippen LogP contribution in [0, 0.1) is 0 Å². The Kier molecular flexibility index (Phi) is 6.10. The number of carbonyl (C=O) groups is 1. The average molecular weight is 489 g/mol. The summed E-state index contributed by atoms with van der Waals surface area (Å²) in [6.07, 6.45) is 9.07. The molecule has 0 saturated carbocycles. The van der Waals surface area contributed by atoms with Crippen LogP contribution in [0.15, 0.2) is 36.7 Å². The summed E-state index contributed by atoms with van der Waals surface area (Å²) >= 11 is 0. The number of anilines is 3. The van der Waals surface area contributed by atoms with Crippen LogP contribution in [0.25, 0.3) is 11.1 Å². The number of aromatic nitrogens is 3. The molecule has 0 unspecified atom stereocenters. The minimum Gasteiger partial charge on any atom is -0.394 e. The fourth-order valence-corrected chi connectivity index (χ4v) is 5.81. The van der Waals surface area contributed by atoms with Gasteiger partial charge in [0.05, 0.1) is 48.1 Å². The molecule has 3 aliphatic heterocycles. The van der Waals surface area contributed by atoms with Crippen molar-refractivity contribution >= 4 is 23.1 Å². The number of nitrogens with zero attached hydrogens (tertiary/aromatic N) is 4. The Morgan fingerprint density at radius 1 is 1.17 bits per heavy atom. The number of hydrogen-bond acceptors (Lipinski definition) is 7. The zero-order valence-corrected chi connectivity index (χ0v) is 20.5. The highest BCUT2D eigenvalue weighted by Gasteiger charge is 2.30. The van der Waals surface area contributed by atoms with Gasteiger partial charge in [-0.15, -0.1) is 0 Å². The van der Waals surface area contributed by atoms with Gasteiger partial charge in [0.2, 0.25) is 0 Å². The van der Waals surface area contributed by atoms with E-state index >= 15 is 0 Å². The first-order valence-corrected chi connectivity index (χ1v) is 12.8. The lowest BCUT2D eigenvalue weighted by Gasteiger charge is -2.39. The van der Waals surface area contributed by atoms with Gasteiger partial charge in [0, 0.05) is 38.0 Å². The number of pyridine rings is 1. The molecular weight excluding hydrogens is 456 g/mol. The summed E-state index contributed by atoms with van der Waals surface area (Å²) < 4.78 is 7.66. The molecule has 3 N–H and O–H groups in total. The van der Waals surface area contributed by atoms with Crippen molar-refractivity contribution in [1.29, 1.82) is 0 Å². The SMILES string of the molecule is CO[C@H]1CC[C@H](CO)N(c2ccc(Nc3ccc(-c4cnn5c4CCCC5)c4c3C(=O)NC4)nc2)C1. The number of nitrogens with one attached hydrogen (secondary N) is 2. The van der Waals surface area contributed by atoms with Crippen molar-refractivity contribution in [2.24, 2.45) is 0 Å². The van der Waals surface area contributed by atoms with E-state index in [0.29, 0.717) is 17.9 Å². The van der Waals surface area contributed by atoms with Crippen molar-refractivity contribution in [1.82, 2.24) is 20.1 Å². The molecule has 0 radical (unpaired) electrons. The normalized spacial score (nSPS) is 21.2. The maximum atomic E-state index is 12.8.